The smallest absolute Gasteiger partial charge is 0.305 e. The summed E-state index contributed by atoms with van der Waals surface area (Å²) in [6.45, 7) is 4.89. The summed E-state index contributed by atoms with van der Waals surface area (Å²) in [6.07, 6.45) is 69.9. The molecule has 0 aromatic heterocycles. The van der Waals surface area contributed by atoms with Crippen molar-refractivity contribution in [3.05, 3.63) is 36.5 Å². The summed E-state index contributed by atoms with van der Waals surface area (Å²) in [5, 5.41) is 23.3. The molecule has 0 aromatic rings. The lowest BCUT2D eigenvalue weighted by Gasteiger charge is -2.22. The van der Waals surface area contributed by atoms with Crippen LogP contribution in [0.4, 0.5) is 0 Å². The fourth-order valence-corrected chi connectivity index (χ4v) is 9.08. The van der Waals surface area contributed by atoms with E-state index < -0.39 is 12.1 Å². The second-order valence-corrected chi connectivity index (χ2v) is 20.3. The number of rotatable bonds is 55. The maximum absolute atomic E-state index is 12.5. The predicted molar refractivity (Wildman–Crippen MR) is 292 cm³/mol. The van der Waals surface area contributed by atoms with Gasteiger partial charge in [-0.1, -0.05) is 249 Å². The van der Waals surface area contributed by atoms with Crippen molar-refractivity contribution in [3.8, 4) is 0 Å². The predicted octanol–water partition coefficient (Wildman–Crippen LogP) is 18.4. The zero-order chi connectivity index (χ0) is 48.6. The Morgan fingerprint density at radius 1 is 0.418 bits per heavy atom. The molecule has 6 heteroatoms. The Morgan fingerprint density at radius 2 is 0.746 bits per heavy atom. The van der Waals surface area contributed by atoms with Crippen LogP contribution in [0, 0.1) is 0 Å². The van der Waals surface area contributed by atoms with E-state index in [-0.39, 0.29) is 18.5 Å². The molecule has 0 rings (SSSR count). The molecule has 0 heterocycles. The third-order valence-electron chi connectivity index (χ3n) is 13.7. The molecule has 3 N–H and O–H groups in total. The first-order chi connectivity index (χ1) is 33.0. The Kier molecular flexibility index (Phi) is 55.0. The van der Waals surface area contributed by atoms with Crippen molar-refractivity contribution in [2.75, 3.05) is 13.2 Å². The standard InChI is InChI=1S/C61H115NO5/c1-3-5-7-9-11-13-15-17-19-21-23-24-25-27-29-33-37-41-45-49-53-59(64)58(57-63)62-60(65)54-50-46-42-38-34-31-32-36-40-44-48-52-56-67-61(66)55-51-47-43-39-35-30-28-26-22-20-18-16-14-12-10-8-6-4-2/h14,16,20,22,32,36,58-59,63-64H,3-13,15,17-19,21,23-31,33-35,37-57H2,1-2H3,(H,62,65)/b16-14-,22-20-,36-32-. The molecule has 67 heavy (non-hydrogen) atoms. The van der Waals surface area contributed by atoms with Crippen LogP contribution in [0.25, 0.3) is 0 Å². The van der Waals surface area contributed by atoms with Crippen LogP contribution in [0.1, 0.15) is 316 Å². The molecular weight excluding hydrogens is 827 g/mol. The van der Waals surface area contributed by atoms with Crippen LogP contribution >= 0.6 is 0 Å². The van der Waals surface area contributed by atoms with Crippen LogP contribution in [0.3, 0.4) is 0 Å². The summed E-state index contributed by atoms with van der Waals surface area (Å²) in [6, 6.07) is -0.562. The minimum atomic E-state index is -0.682. The highest BCUT2D eigenvalue weighted by molar-refractivity contribution is 5.76. The largest absolute Gasteiger partial charge is 0.466 e. The highest BCUT2D eigenvalue weighted by Crippen LogP contribution is 2.17. The first-order valence-corrected chi connectivity index (χ1v) is 29.7. The molecule has 6 nitrogen and oxygen atoms in total. The number of allylic oxidation sites excluding steroid dienone is 6. The van der Waals surface area contributed by atoms with E-state index in [4.69, 9.17) is 4.74 Å². The summed E-state index contributed by atoms with van der Waals surface area (Å²) < 4.78 is 5.46. The zero-order valence-corrected chi connectivity index (χ0v) is 44.9. The van der Waals surface area contributed by atoms with Crippen molar-refractivity contribution in [1.29, 1.82) is 0 Å². The molecule has 0 radical (unpaired) electrons. The van der Waals surface area contributed by atoms with Gasteiger partial charge in [-0.3, -0.25) is 9.59 Å². The molecular formula is C61H115NO5. The van der Waals surface area contributed by atoms with Crippen molar-refractivity contribution >= 4 is 11.9 Å². The number of hydrogen-bond acceptors (Lipinski definition) is 5. The van der Waals surface area contributed by atoms with E-state index in [1.165, 1.54) is 199 Å². The number of esters is 1. The van der Waals surface area contributed by atoms with E-state index in [1.807, 2.05) is 0 Å². The Hall–Kier alpha value is -1.92. The molecule has 0 saturated carbocycles. The van der Waals surface area contributed by atoms with Gasteiger partial charge >= 0.3 is 5.97 Å². The van der Waals surface area contributed by atoms with Gasteiger partial charge in [-0.25, -0.2) is 0 Å². The summed E-state index contributed by atoms with van der Waals surface area (Å²) in [5.74, 6) is -0.0889. The molecule has 2 atom stereocenters. The molecule has 0 spiro atoms. The van der Waals surface area contributed by atoms with E-state index in [9.17, 15) is 19.8 Å². The maximum Gasteiger partial charge on any atom is 0.305 e. The highest BCUT2D eigenvalue weighted by atomic mass is 16.5. The molecule has 0 bridgehead atoms. The molecule has 0 aromatic carbocycles. The number of nitrogens with one attached hydrogen (secondary N) is 1. The second kappa shape index (κ2) is 56.7. The van der Waals surface area contributed by atoms with Gasteiger partial charge in [0, 0.05) is 12.8 Å². The van der Waals surface area contributed by atoms with Gasteiger partial charge in [0.1, 0.15) is 0 Å². The van der Waals surface area contributed by atoms with Crippen LogP contribution in [-0.2, 0) is 14.3 Å². The average Bonchev–Trinajstić information content (AvgIpc) is 3.33. The monoisotopic (exact) mass is 942 g/mol. The minimum Gasteiger partial charge on any atom is -0.466 e. The Labute approximate surface area is 417 Å². The Morgan fingerprint density at radius 3 is 1.16 bits per heavy atom. The lowest BCUT2D eigenvalue weighted by molar-refractivity contribution is -0.143. The molecule has 0 aliphatic carbocycles. The SMILES string of the molecule is CCCCCC/C=C\C/C=C\CCCCCCCCCC(=O)OCCCCC/C=C\CCCCCCCC(=O)NC(CO)C(O)CCCCCCCCCCCCCCCCCCCCCC. The first-order valence-electron chi connectivity index (χ1n) is 29.7. The van der Waals surface area contributed by atoms with Gasteiger partial charge in [0.2, 0.25) is 5.91 Å². The average molecular weight is 943 g/mol. The van der Waals surface area contributed by atoms with Crippen LogP contribution < -0.4 is 5.32 Å². The van der Waals surface area contributed by atoms with E-state index in [0.29, 0.717) is 25.9 Å². The van der Waals surface area contributed by atoms with Gasteiger partial charge < -0.3 is 20.3 Å². The maximum atomic E-state index is 12.5. The molecule has 1 amide bonds. The van der Waals surface area contributed by atoms with Crippen molar-refractivity contribution in [1.82, 2.24) is 5.32 Å². The highest BCUT2D eigenvalue weighted by Gasteiger charge is 2.20. The van der Waals surface area contributed by atoms with Gasteiger partial charge in [-0.05, 0) is 89.9 Å². The summed E-state index contributed by atoms with van der Waals surface area (Å²) in [7, 11) is 0. The normalized spacial score (nSPS) is 12.8. The van der Waals surface area contributed by atoms with E-state index in [1.54, 1.807) is 0 Å². The van der Waals surface area contributed by atoms with Gasteiger partial charge in [0.05, 0.1) is 25.4 Å². The van der Waals surface area contributed by atoms with E-state index in [0.717, 1.165) is 83.5 Å². The fourth-order valence-electron chi connectivity index (χ4n) is 9.08. The molecule has 2 unspecified atom stereocenters. The number of unbranched alkanes of at least 4 members (excludes halogenated alkanes) is 38. The first kappa shape index (κ1) is 65.1. The third-order valence-corrected chi connectivity index (χ3v) is 13.7. The number of amides is 1. The lowest BCUT2D eigenvalue weighted by Crippen LogP contribution is -2.45. The summed E-state index contributed by atoms with van der Waals surface area (Å²) >= 11 is 0. The quantitative estimate of drug-likeness (QED) is 0.0321. The molecule has 394 valence electrons. The van der Waals surface area contributed by atoms with Gasteiger partial charge in [-0.15, -0.1) is 0 Å². The van der Waals surface area contributed by atoms with Crippen molar-refractivity contribution in [3.63, 3.8) is 0 Å². The van der Waals surface area contributed by atoms with E-state index in [2.05, 4.69) is 55.6 Å². The minimum absolute atomic E-state index is 0.0296. The van der Waals surface area contributed by atoms with Crippen LogP contribution in [-0.4, -0.2) is 47.4 Å². The number of aliphatic hydroxyl groups excluding tert-OH is 2. The summed E-state index contributed by atoms with van der Waals surface area (Å²) in [4.78, 5) is 24.6. The third kappa shape index (κ3) is 53.3. The summed E-state index contributed by atoms with van der Waals surface area (Å²) in [5.41, 5.74) is 0. The van der Waals surface area contributed by atoms with Gasteiger partial charge in [0.25, 0.3) is 0 Å². The Bertz CT molecular complexity index is 1090. The number of carbonyl (C=O) groups excluding carboxylic acids is 2. The van der Waals surface area contributed by atoms with E-state index >= 15 is 0 Å². The van der Waals surface area contributed by atoms with Crippen LogP contribution in [0.15, 0.2) is 36.5 Å². The van der Waals surface area contributed by atoms with Crippen LogP contribution in [0.2, 0.25) is 0 Å². The van der Waals surface area contributed by atoms with Crippen molar-refractivity contribution in [2.24, 2.45) is 0 Å². The fraction of sp³-hybridized carbons (Fsp3) is 0.869. The topological polar surface area (TPSA) is 95.9 Å². The molecule has 0 fully saturated rings. The van der Waals surface area contributed by atoms with Gasteiger partial charge in [0.15, 0.2) is 0 Å². The zero-order valence-electron chi connectivity index (χ0n) is 44.9. The lowest BCUT2D eigenvalue weighted by atomic mass is 10.0. The second-order valence-electron chi connectivity index (χ2n) is 20.3. The number of aliphatic hydroxyl groups is 2. The van der Waals surface area contributed by atoms with Crippen molar-refractivity contribution < 1.29 is 24.5 Å². The molecule has 0 aliphatic rings. The molecule has 0 saturated heterocycles. The Balaban J connectivity index is 3.50. The number of hydrogen-bond donors (Lipinski definition) is 3. The van der Waals surface area contributed by atoms with Gasteiger partial charge in [-0.2, -0.15) is 0 Å². The number of ether oxygens (including phenoxy) is 1. The number of carbonyl (C=O) groups is 2. The van der Waals surface area contributed by atoms with Crippen molar-refractivity contribution in [2.45, 2.75) is 328 Å². The molecule has 0 aliphatic heterocycles. The van der Waals surface area contributed by atoms with Crippen LogP contribution in [0.5, 0.6) is 0 Å².